The first-order valence-electron chi connectivity index (χ1n) is 13.8. The molecule has 1 amide bonds. The van der Waals surface area contributed by atoms with Crippen LogP contribution in [0.4, 0.5) is 17.6 Å². The van der Waals surface area contributed by atoms with Gasteiger partial charge in [-0.25, -0.2) is 14.2 Å². The van der Waals surface area contributed by atoms with Crippen molar-refractivity contribution in [1.82, 2.24) is 9.88 Å². The van der Waals surface area contributed by atoms with E-state index in [1.54, 1.807) is 6.07 Å². The number of carboxylic acid groups (broad SMARTS) is 1. The first-order valence-corrected chi connectivity index (χ1v) is 13.8. The van der Waals surface area contributed by atoms with E-state index in [4.69, 9.17) is 9.47 Å². The molecule has 7 nitrogen and oxygen atoms in total. The quantitative estimate of drug-likeness (QED) is 0.381. The Labute approximate surface area is 236 Å². The fourth-order valence-electron chi connectivity index (χ4n) is 6.32. The largest absolute Gasteiger partial charge is 0.481 e. The average molecular weight is 581 g/mol. The number of alkyl halides is 3. The third kappa shape index (κ3) is 6.34. The van der Waals surface area contributed by atoms with E-state index in [0.29, 0.717) is 19.0 Å². The van der Waals surface area contributed by atoms with Crippen LogP contribution in [-0.2, 0) is 27.1 Å². The van der Waals surface area contributed by atoms with Gasteiger partial charge in [0.25, 0.3) is 0 Å². The third-order valence-electron chi connectivity index (χ3n) is 8.17. The number of aliphatic carboxylic acids is 1. The van der Waals surface area contributed by atoms with Gasteiger partial charge in [0.1, 0.15) is 11.9 Å². The molecule has 2 fully saturated rings. The number of halogens is 4. The summed E-state index contributed by atoms with van der Waals surface area (Å²) in [5.74, 6) is -3.59. The second-order valence-electron chi connectivity index (χ2n) is 11.9. The summed E-state index contributed by atoms with van der Waals surface area (Å²) < 4.78 is 67.3. The van der Waals surface area contributed by atoms with Gasteiger partial charge < -0.3 is 19.5 Å². The molecule has 1 aliphatic carbocycles. The molecule has 4 atom stereocenters. The molecule has 0 unspecified atom stereocenters. The maximum Gasteiger partial charge on any atom is 0.417 e. The maximum absolute atomic E-state index is 15.4. The second kappa shape index (κ2) is 12.0. The van der Waals surface area contributed by atoms with Crippen molar-refractivity contribution in [2.75, 3.05) is 7.11 Å². The number of carbonyl (C=O) groups excluding carboxylic acids is 1. The number of amides is 1. The Morgan fingerprint density at radius 1 is 1.10 bits per heavy atom. The molecular weight excluding hydrogens is 544 g/mol. The summed E-state index contributed by atoms with van der Waals surface area (Å²) in [5, 5.41) is 10.5. The van der Waals surface area contributed by atoms with Gasteiger partial charge in [-0.1, -0.05) is 58.2 Å². The number of likely N-dealkylation sites (tertiary alicyclic amines) is 1. The predicted octanol–water partition coefficient (Wildman–Crippen LogP) is 6.41. The summed E-state index contributed by atoms with van der Waals surface area (Å²) in [6.45, 7) is 5.00. The Hall–Kier alpha value is -3.21. The zero-order valence-corrected chi connectivity index (χ0v) is 23.6. The summed E-state index contributed by atoms with van der Waals surface area (Å²) in [7, 11) is 1.26. The van der Waals surface area contributed by atoms with Crippen molar-refractivity contribution in [2.45, 2.75) is 83.8 Å². The third-order valence-corrected chi connectivity index (χ3v) is 8.17. The molecule has 1 saturated heterocycles. The minimum Gasteiger partial charge on any atom is -0.481 e. The number of ether oxygens (including phenoxy) is 2. The van der Waals surface area contributed by atoms with Crippen molar-refractivity contribution in [3.63, 3.8) is 0 Å². The highest BCUT2D eigenvalue weighted by Crippen LogP contribution is 2.51. The predicted molar refractivity (Wildman–Crippen MR) is 141 cm³/mol. The molecule has 11 heteroatoms. The van der Waals surface area contributed by atoms with Crippen LogP contribution >= 0.6 is 0 Å². The molecule has 1 aromatic heterocycles. The highest BCUT2D eigenvalue weighted by Gasteiger charge is 2.59. The van der Waals surface area contributed by atoms with Crippen LogP contribution in [0.3, 0.4) is 0 Å². The molecule has 2 heterocycles. The van der Waals surface area contributed by atoms with Crippen LogP contribution in [0.2, 0.25) is 0 Å². The average Bonchev–Trinajstić information content (AvgIpc) is 3.27. The fraction of sp³-hybridized carbons (Fsp3) is 0.567. The Morgan fingerprint density at radius 3 is 2.32 bits per heavy atom. The minimum absolute atomic E-state index is 0.00815. The number of rotatable bonds is 7. The van der Waals surface area contributed by atoms with Crippen LogP contribution in [-0.4, -0.2) is 46.1 Å². The Balaban J connectivity index is 1.84. The van der Waals surface area contributed by atoms with E-state index in [1.807, 2.05) is 20.8 Å². The Bertz CT molecular complexity index is 1260. The van der Waals surface area contributed by atoms with Gasteiger partial charge in [0.2, 0.25) is 11.8 Å². The van der Waals surface area contributed by atoms with Crippen molar-refractivity contribution in [1.29, 1.82) is 0 Å². The monoisotopic (exact) mass is 580 g/mol. The number of benzene rings is 1. The zero-order valence-electron chi connectivity index (χ0n) is 23.6. The molecule has 1 aliphatic heterocycles. The molecule has 2 aromatic rings. The minimum atomic E-state index is -4.66. The highest BCUT2D eigenvalue weighted by molar-refractivity contribution is 5.87. The topological polar surface area (TPSA) is 89.0 Å². The van der Waals surface area contributed by atoms with Crippen molar-refractivity contribution in [2.24, 2.45) is 17.3 Å². The first-order chi connectivity index (χ1) is 19.3. The van der Waals surface area contributed by atoms with Gasteiger partial charge in [-0.2, -0.15) is 13.2 Å². The lowest BCUT2D eigenvalue weighted by Gasteiger charge is -2.35. The fourth-order valence-corrected chi connectivity index (χ4v) is 6.32. The summed E-state index contributed by atoms with van der Waals surface area (Å²) in [6.07, 6.45) is -1.23. The number of methoxy groups -OCH3 is 1. The maximum atomic E-state index is 15.4. The Kier molecular flexibility index (Phi) is 8.96. The zero-order chi connectivity index (χ0) is 30.1. The molecule has 0 spiro atoms. The van der Waals surface area contributed by atoms with Gasteiger partial charge in [-0.05, 0) is 30.4 Å². The molecule has 1 saturated carbocycles. The highest BCUT2D eigenvalue weighted by atomic mass is 19.4. The molecular formula is C30H36F4N2O5. The van der Waals surface area contributed by atoms with Crippen molar-refractivity contribution in [3.05, 3.63) is 59.0 Å². The van der Waals surface area contributed by atoms with Crippen LogP contribution in [0.1, 0.15) is 75.6 Å². The van der Waals surface area contributed by atoms with Crippen molar-refractivity contribution in [3.8, 4) is 5.88 Å². The first kappa shape index (κ1) is 30.7. The van der Waals surface area contributed by atoms with Crippen LogP contribution in [0.25, 0.3) is 0 Å². The van der Waals surface area contributed by atoms with E-state index in [0.717, 1.165) is 25.3 Å². The summed E-state index contributed by atoms with van der Waals surface area (Å²) in [5.41, 5.74) is -1.67. The standard InChI is InChI=1S/C30H36F4N2O5/c1-29(2,3)22-24(28(38)39)36(27(37)17-10-6-5-7-11-17)23(20-12-8-9-13-21(20)31)25(22)41-16-18-14-19(30(32,33)34)15-35-26(18)40-4/h8-9,12-15,17,22-25H,5-7,10-11,16H2,1-4H3,(H,38,39)/t22-,23+,24+,25+/m1/s1. The van der Waals surface area contributed by atoms with E-state index in [1.165, 1.54) is 30.2 Å². The van der Waals surface area contributed by atoms with Gasteiger partial charge in [0.15, 0.2) is 0 Å². The number of hydrogen-bond donors (Lipinski definition) is 1. The van der Waals surface area contributed by atoms with Gasteiger partial charge in [0, 0.05) is 29.2 Å². The van der Waals surface area contributed by atoms with E-state index in [2.05, 4.69) is 4.98 Å². The number of aromatic nitrogens is 1. The molecule has 224 valence electrons. The van der Waals surface area contributed by atoms with E-state index in [9.17, 15) is 27.9 Å². The van der Waals surface area contributed by atoms with Gasteiger partial charge in [-0.15, -0.1) is 0 Å². The van der Waals surface area contributed by atoms with Crippen LogP contribution < -0.4 is 4.74 Å². The van der Waals surface area contributed by atoms with Crippen LogP contribution in [0, 0.1) is 23.1 Å². The Morgan fingerprint density at radius 2 is 1.76 bits per heavy atom. The lowest BCUT2D eigenvalue weighted by molar-refractivity contribution is -0.154. The van der Waals surface area contributed by atoms with Gasteiger partial charge >= 0.3 is 12.1 Å². The lowest BCUT2D eigenvalue weighted by atomic mass is 9.73. The molecule has 1 aromatic carbocycles. The summed E-state index contributed by atoms with van der Waals surface area (Å²) in [6, 6.07) is 4.21. The summed E-state index contributed by atoms with van der Waals surface area (Å²) in [4.78, 5) is 32.0. The van der Waals surface area contributed by atoms with Crippen LogP contribution in [0.15, 0.2) is 36.5 Å². The van der Waals surface area contributed by atoms with E-state index in [-0.39, 0.29) is 22.9 Å². The van der Waals surface area contributed by atoms with E-state index >= 15 is 4.39 Å². The smallest absolute Gasteiger partial charge is 0.417 e. The second-order valence-corrected chi connectivity index (χ2v) is 11.9. The van der Waals surface area contributed by atoms with E-state index < -0.39 is 65.6 Å². The SMILES string of the molecule is COc1ncc(C(F)(F)F)cc1CO[C@H]1[C@H](C(C)(C)C)[C@@H](C(=O)O)N(C(=O)C2CCCCC2)[C@H]1c1ccccc1F. The van der Waals surface area contributed by atoms with Crippen molar-refractivity contribution < 1.29 is 41.7 Å². The number of hydrogen-bond acceptors (Lipinski definition) is 5. The number of pyridine rings is 1. The van der Waals surface area contributed by atoms with Gasteiger partial charge in [0.05, 0.1) is 31.4 Å². The molecule has 2 aliphatic rings. The normalized spacial score (nSPS) is 24.0. The molecule has 41 heavy (non-hydrogen) atoms. The van der Waals surface area contributed by atoms with Crippen molar-refractivity contribution >= 4 is 11.9 Å². The van der Waals surface area contributed by atoms with Gasteiger partial charge in [-0.3, -0.25) is 4.79 Å². The number of carboxylic acids is 1. The summed E-state index contributed by atoms with van der Waals surface area (Å²) >= 11 is 0. The molecule has 0 radical (unpaired) electrons. The number of carbonyl (C=O) groups is 2. The molecule has 0 bridgehead atoms. The number of nitrogens with zero attached hydrogens (tertiary/aromatic N) is 2. The lowest BCUT2D eigenvalue weighted by Crippen LogP contribution is -2.49. The van der Waals surface area contributed by atoms with Crippen LogP contribution in [0.5, 0.6) is 5.88 Å². The molecule has 4 rings (SSSR count). The molecule has 1 N–H and O–H groups in total.